The van der Waals surface area contributed by atoms with E-state index in [0.29, 0.717) is 0 Å². The van der Waals surface area contributed by atoms with Crippen molar-refractivity contribution < 1.29 is 27.9 Å². The molecule has 1 N–H and O–H groups in total. The zero-order valence-electron chi connectivity index (χ0n) is 16.0. The molecule has 4 rings (SSSR count). The summed E-state index contributed by atoms with van der Waals surface area (Å²) in [6, 6.07) is 3.77. The van der Waals surface area contributed by atoms with Crippen LogP contribution in [0.4, 0.5) is 19.1 Å². The summed E-state index contributed by atoms with van der Waals surface area (Å²) < 4.78 is 31.7. The Bertz CT molecular complexity index is 854. The molecular weight excluding hydrogens is 421 g/mol. The number of halogens is 3. The summed E-state index contributed by atoms with van der Waals surface area (Å²) in [5.74, 6) is -1.74. The number of amides is 1. The average molecular weight is 442 g/mol. The number of piperidine rings is 1. The molecule has 30 heavy (non-hydrogen) atoms. The standard InChI is InChI=1S/C17H20N4OS.C2HF3O2/c22-15(14-2-11-23-12-14)21-10-5-17(13-21)3-8-20(9-4-17)16-18-6-1-7-19-16;3-2(4,5)1(6)7/h1-2,6-7,11-12H,3-5,8-10,13H2;(H,6,7). The number of rotatable bonds is 2. The molecule has 4 heterocycles. The molecule has 162 valence electrons. The van der Waals surface area contributed by atoms with Crippen molar-refractivity contribution >= 4 is 29.2 Å². The molecule has 0 aliphatic carbocycles. The molecule has 0 unspecified atom stereocenters. The fourth-order valence-electron chi connectivity index (χ4n) is 3.72. The number of hydrogen-bond acceptors (Lipinski definition) is 6. The smallest absolute Gasteiger partial charge is 0.475 e. The third-order valence-electron chi connectivity index (χ3n) is 5.40. The number of likely N-dealkylation sites (tertiary alicyclic amines) is 1. The van der Waals surface area contributed by atoms with Crippen LogP contribution in [0.15, 0.2) is 35.3 Å². The van der Waals surface area contributed by atoms with Gasteiger partial charge in [-0.1, -0.05) is 0 Å². The van der Waals surface area contributed by atoms with Gasteiger partial charge in [0.2, 0.25) is 5.95 Å². The van der Waals surface area contributed by atoms with Gasteiger partial charge >= 0.3 is 12.1 Å². The first-order valence-electron chi connectivity index (χ1n) is 9.34. The van der Waals surface area contributed by atoms with Crippen LogP contribution in [0.25, 0.3) is 0 Å². The lowest BCUT2D eigenvalue weighted by atomic mass is 9.78. The summed E-state index contributed by atoms with van der Waals surface area (Å²) in [6.45, 7) is 3.73. The lowest BCUT2D eigenvalue weighted by Gasteiger charge is -2.39. The third-order valence-corrected chi connectivity index (χ3v) is 6.08. The highest BCUT2D eigenvalue weighted by atomic mass is 32.1. The van der Waals surface area contributed by atoms with E-state index in [1.54, 1.807) is 23.7 Å². The van der Waals surface area contributed by atoms with Crippen LogP contribution in [0.2, 0.25) is 0 Å². The number of hydrogen-bond donors (Lipinski definition) is 1. The highest BCUT2D eigenvalue weighted by molar-refractivity contribution is 7.08. The van der Waals surface area contributed by atoms with Crippen molar-refractivity contribution in [3.8, 4) is 0 Å². The predicted octanol–water partition coefficient (Wildman–Crippen LogP) is 3.30. The maximum atomic E-state index is 12.5. The molecule has 0 aromatic carbocycles. The molecule has 2 aromatic heterocycles. The number of anilines is 1. The Hall–Kier alpha value is -2.69. The van der Waals surface area contributed by atoms with Crippen LogP contribution in [0.3, 0.4) is 0 Å². The second-order valence-corrected chi connectivity index (χ2v) is 8.11. The van der Waals surface area contributed by atoms with Crippen LogP contribution in [0.5, 0.6) is 0 Å². The summed E-state index contributed by atoms with van der Waals surface area (Å²) in [5, 5.41) is 11.0. The predicted molar refractivity (Wildman–Crippen MR) is 104 cm³/mol. The maximum Gasteiger partial charge on any atom is 0.490 e. The molecule has 2 saturated heterocycles. The third kappa shape index (κ3) is 5.26. The van der Waals surface area contributed by atoms with Crippen LogP contribution in [-0.4, -0.2) is 64.2 Å². The summed E-state index contributed by atoms with van der Waals surface area (Å²) in [4.78, 5) is 34.4. The molecule has 0 bridgehead atoms. The number of carboxylic acid groups (broad SMARTS) is 1. The van der Waals surface area contributed by atoms with E-state index in [2.05, 4.69) is 14.9 Å². The molecule has 1 spiro atoms. The van der Waals surface area contributed by atoms with Gasteiger partial charge in [0, 0.05) is 44.0 Å². The second kappa shape index (κ2) is 8.99. The largest absolute Gasteiger partial charge is 0.490 e. The van der Waals surface area contributed by atoms with Crippen molar-refractivity contribution in [3.05, 3.63) is 40.8 Å². The molecule has 7 nitrogen and oxygen atoms in total. The Morgan fingerprint density at radius 1 is 1.10 bits per heavy atom. The van der Waals surface area contributed by atoms with Gasteiger partial charge in [-0.3, -0.25) is 4.79 Å². The second-order valence-electron chi connectivity index (χ2n) is 7.33. The zero-order chi connectivity index (χ0) is 21.8. The summed E-state index contributed by atoms with van der Waals surface area (Å²) in [7, 11) is 0. The first-order chi connectivity index (χ1) is 14.2. The molecule has 0 saturated carbocycles. The minimum atomic E-state index is -5.08. The van der Waals surface area contributed by atoms with E-state index in [1.807, 2.05) is 27.8 Å². The van der Waals surface area contributed by atoms with Gasteiger partial charge in [0.1, 0.15) is 0 Å². The SMILES string of the molecule is O=C(O)C(F)(F)F.O=C(c1ccsc1)N1CCC2(CCN(c3ncccn3)CC2)C1. The van der Waals surface area contributed by atoms with Gasteiger partial charge < -0.3 is 14.9 Å². The van der Waals surface area contributed by atoms with Crippen molar-refractivity contribution in [2.75, 3.05) is 31.1 Å². The normalized spacial score (nSPS) is 18.1. The number of thiophene rings is 1. The van der Waals surface area contributed by atoms with Crippen molar-refractivity contribution in [2.45, 2.75) is 25.4 Å². The van der Waals surface area contributed by atoms with Crippen molar-refractivity contribution in [1.82, 2.24) is 14.9 Å². The molecule has 2 fully saturated rings. The lowest BCUT2D eigenvalue weighted by molar-refractivity contribution is -0.192. The Balaban J connectivity index is 0.000000318. The molecule has 0 radical (unpaired) electrons. The number of carboxylic acids is 1. The van der Waals surface area contributed by atoms with Crippen molar-refractivity contribution in [1.29, 1.82) is 0 Å². The fraction of sp³-hybridized carbons (Fsp3) is 0.474. The van der Waals surface area contributed by atoms with Gasteiger partial charge in [-0.25, -0.2) is 14.8 Å². The van der Waals surface area contributed by atoms with Crippen molar-refractivity contribution in [3.63, 3.8) is 0 Å². The molecule has 0 atom stereocenters. The molecule has 11 heteroatoms. The molecule has 2 aliphatic heterocycles. The number of aromatic nitrogens is 2. The lowest BCUT2D eigenvalue weighted by Crippen LogP contribution is -2.42. The highest BCUT2D eigenvalue weighted by Crippen LogP contribution is 2.41. The Kier molecular flexibility index (Phi) is 6.59. The van der Waals surface area contributed by atoms with Crippen molar-refractivity contribution in [2.24, 2.45) is 5.41 Å². The van der Waals surface area contributed by atoms with Gasteiger partial charge in [-0.15, -0.1) is 0 Å². The van der Waals surface area contributed by atoms with Crippen LogP contribution in [0, 0.1) is 5.41 Å². The van der Waals surface area contributed by atoms with Crippen LogP contribution >= 0.6 is 11.3 Å². The van der Waals surface area contributed by atoms with Gasteiger partial charge in [0.25, 0.3) is 5.91 Å². The van der Waals surface area contributed by atoms with Gasteiger partial charge in [-0.05, 0) is 42.2 Å². The van der Waals surface area contributed by atoms with Gasteiger partial charge in [0.15, 0.2) is 0 Å². The van der Waals surface area contributed by atoms with E-state index >= 15 is 0 Å². The number of aliphatic carboxylic acids is 1. The van der Waals surface area contributed by atoms with E-state index in [-0.39, 0.29) is 11.3 Å². The number of carbonyl (C=O) groups excluding carboxylic acids is 1. The minimum absolute atomic E-state index is 0.192. The van der Waals surface area contributed by atoms with Gasteiger partial charge in [-0.2, -0.15) is 24.5 Å². The van der Waals surface area contributed by atoms with Crippen LogP contribution < -0.4 is 4.90 Å². The monoisotopic (exact) mass is 442 g/mol. The number of nitrogens with zero attached hydrogens (tertiary/aromatic N) is 4. The molecule has 1 amide bonds. The van der Waals surface area contributed by atoms with E-state index in [4.69, 9.17) is 9.90 Å². The molecule has 2 aliphatic rings. The van der Waals surface area contributed by atoms with Crippen LogP contribution in [-0.2, 0) is 4.79 Å². The van der Waals surface area contributed by atoms with E-state index in [9.17, 15) is 18.0 Å². The zero-order valence-corrected chi connectivity index (χ0v) is 16.8. The van der Waals surface area contributed by atoms with E-state index in [0.717, 1.165) is 57.0 Å². The first-order valence-corrected chi connectivity index (χ1v) is 10.3. The Morgan fingerprint density at radius 3 is 2.23 bits per heavy atom. The Morgan fingerprint density at radius 2 is 1.70 bits per heavy atom. The van der Waals surface area contributed by atoms with E-state index in [1.165, 1.54) is 0 Å². The first kappa shape index (κ1) is 22.0. The maximum absolute atomic E-state index is 12.5. The molecule has 2 aromatic rings. The van der Waals surface area contributed by atoms with E-state index < -0.39 is 12.1 Å². The molecular formula is C19H21F3N4O3S. The summed E-state index contributed by atoms with van der Waals surface area (Å²) in [6.07, 6.45) is 1.84. The quantitative estimate of drug-likeness (QED) is 0.768. The Labute approximate surface area is 175 Å². The van der Waals surface area contributed by atoms with Gasteiger partial charge in [0.05, 0.1) is 5.56 Å². The number of alkyl halides is 3. The highest BCUT2D eigenvalue weighted by Gasteiger charge is 2.42. The average Bonchev–Trinajstić information content (AvgIpc) is 3.39. The summed E-state index contributed by atoms with van der Waals surface area (Å²) in [5.41, 5.74) is 1.12. The number of carbonyl (C=O) groups is 2. The van der Waals surface area contributed by atoms with Crippen LogP contribution in [0.1, 0.15) is 29.6 Å². The fourth-order valence-corrected chi connectivity index (χ4v) is 4.35. The topological polar surface area (TPSA) is 86.6 Å². The summed E-state index contributed by atoms with van der Waals surface area (Å²) >= 11 is 1.58. The minimum Gasteiger partial charge on any atom is -0.475 e.